The minimum atomic E-state index is -0.331. The normalized spacial score (nSPS) is 11.3. The van der Waals surface area contributed by atoms with Gasteiger partial charge in [-0.25, -0.2) is 4.79 Å². The Kier molecular flexibility index (Phi) is 5.08. The summed E-state index contributed by atoms with van der Waals surface area (Å²) < 4.78 is 5.36. The van der Waals surface area contributed by atoms with Crippen molar-refractivity contribution < 1.29 is 14.6 Å². The number of ether oxygens (including phenoxy) is 1. The summed E-state index contributed by atoms with van der Waals surface area (Å²) in [6.07, 6.45) is 1.83. The summed E-state index contributed by atoms with van der Waals surface area (Å²) in [7, 11) is 3.86. The van der Waals surface area contributed by atoms with Crippen molar-refractivity contribution in [2.24, 2.45) is 0 Å². The summed E-state index contributed by atoms with van der Waals surface area (Å²) >= 11 is 0. The lowest BCUT2D eigenvalue weighted by Crippen LogP contribution is -2.12. The number of aromatic hydroxyl groups is 1. The minimum absolute atomic E-state index is 0.197. The third kappa shape index (κ3) is 3.25. The third-order valence-corrected chi connectivity index (χ3v) is 3.64. The van der Waals surface area contributed by atoms with Gasteiger partial charge in [0.25, 0.3) is 0 Å². The van der Waals surface area contributed by atoms with E-state index in [1.54, 1.807) is 12.1 Å². The standard InChI is InChI=1S/C17H24N2O3/c1-5-6-9-22-17(21)15-11(2)18-13-7-8-14(20)12(16(13)15)10-19(3)4/h7-8,18,20H,5-6,9-10H2,1-4H3. The highest BCUT2D eigenvalue weighted by molar-refractivity contribution is 6.07. The van der Waals surface area contributed by atoms with E-state index in [9.17, 15) is 9.90 Å². The number of phenolic OH excluding ortho intramolecular Hbond substituents is 1. The van der Waals surface area contributed by atoms with E-state index in [1.165, 1.54) is 0 Å². The fourth-order valence-corrected chi connectivity index (χ4v) is 2.59. The molecule has 5 heteroatoms. The lowest BCUT2D eigenvalue weighted by atomic mass is 10.0. The lowest BCUT2D eigenvalue weighted by molar-refractivity contribution is 0.0501. The number of hydrogen-bond acceptors (Lipinski definition) is 4. The highest BCUT2D eigenvalue weighted by Crippen LogP contribution is 2.32. The van der Waals surface area contributed by atoms with Crippen molar-refractivity contribution in [2.75, 3.05) is 20.7 Å². The molecule has 2 rings (SSSR count). The van der Waals surface area contributed by atoms with Crippen molar-refractivity contribution >= 4 is 16.9 Å². The van der Waals surface area contributed by atoms with E-state index in [1.807, 2.05) is 25.9 Å². The molecule has 2 N–H and O–H groups in total. The number of unbranched alkanes of at least 4 members (excludes halogenated alkanes) is 1. The van der Waals surface area contributed by atoms with Gasteiger partial charge in [-0.2, -0.15) is 0 Å². The molecular weight excluding hydrogens is 280 g/mol. The van der Waals surface area contributed by atoms with Crippen LogP contribution in [0.25, 0.3) is 10.9 Å². The van der Waals surface area contributed by atoms with E-state index in [4.69, 9.17) is 4.74 Å². The molecule has 0 amide bonds. The van der Waals surface area contributed by atoms with Crippen LogP contribution in [0, 0.1) is 6.92 Å². The molecule has 0 atom stereocenters. The molecule has 0 radical (unpaired) electrons. The number of rotatable bonds is 6. The number of benzene rings is 1. The number of esters is 1. The maximum Gasteiger partial charge on any atom is 0.340 e. The monoisotopic (exact) mass is 304 g/mol. The molecule has 1 aromatic heterocycles. The predicted octanol–water partition coefficient (Wildman–Crippen LogP) is 3.20. The molecule has 0 aliphatic rings. The second kappa shape index (κ2) is 6.83. The third-order valence-electron chi connectivity index (χ3n) is 3.64. The van der Waals surface area contributed by atoms with Gasteiger partial charge in [0.05, 0.1) is 12.2 Å². The molecule has 5 nitrogen and oxygen atoms in total. The lowest BCUT2D eigenvalue weighted by Gasteiger charge is -2.13. The number of nitrogens with zero attached hydrogens (tertiary/aromatic N) is 1. The van der Waals surface area contributed by atoms with Gasteiger partial charge in [-0.1, -0.05) is 13.3 Å². The topological polar surface area (TPSA) is 65.6 Å². The molecule has 0 bridgehead atoms. The Morgan fingerprint density at radius 1 is 1.36 bits per heavy atom. The van der Waals surface area contributed by atoms with Crippen LogP contribution >= 0.6 is 0 Å². The quantitative estimate of drug-likeness (QED) is 0.635. The summed E-state index contributed by atoms with van der Waals surface area (Å²) in [5.41, 5.74) is 2.88. The largest absolute Gasteiger partial charge is 0.508 e. The molecule has 0 aliphatic heterocycles. The van der Waals surface area contributed by atoms with Gasteiger partial charge in [0, 0.05) is 28.7 Å². The average molecular weight is 304 g/mol. The molecule has 0 aliphatic carbocycles. The van der Waals surface area contributed by atoms with Gasteiger partial charge in [0.2, 0.25) is 0 Å². The Balaban J connectivity index is 2.50. The fraction of sp³-hybridized carbons (Fsp3) is 0.471. The summed E-state index contributed by atoms with van der Waals surface area (Å²) in [5, 5.41) is 11.0. The minimum Gasteiger partial charge on any atom is -0.508 e. The smallest absolute Gasteiger partial charge is 0.340 e. The maximum absolute atomic E-state index is 12.4. The van der Waals surface area contributed by atoms with E-state index in [2.05, 4.69) is 11.9 Å². The zero-order valence-electron chi connectivity index (χ0n) is 13.7. The number of hydrogen-bond donors (Lipinski definition) is 2. The van der Waals surface area contributed by atoms with E-state index in [-0.39, 0.29) is 11.7 Å². The van der Waals surface area contributed by atoms with Crippen molar-refractivity contribution in [3.05, 3.63) is 29.0 Å². The van der Waals surface area contributed by atoms with Crippen molar-refractivity contribution in [3.8, 4) is 5.75 Å². The van der Waals surface area contributed by atoms with Crippen LogP contribution < -0.4 is 0 Å². The van der Waals surface area contributed by atoms with E-state index in [0.717, 1.165) is 35.0 Å². The zero-order valence-corrected chi connectivity index (χ0v) is 13.7. The summed E-state index contributed by atoms with van der Waals surface area (Å²) in [4.78, 5) is 17.6. The van der Waals surface area contributed by atoms with E-state index < -0.39 is 0 Å². The number of carbonyl (C=O) groups is 1. The molecule has 0 fully saturated rings. The van der Waals surface area contributed by atoms with Gasteiger partial charge in [-0.05, 0) is 39.6 Å². The molecule has 0 saturated heterocycles. The first kappa shape index (κ1) is 16.4. The second-order valence-corrected chi connectivity index (χ2v) is 5.84. The highest BCUT2D eigenvalue weighted by atomic mass is 16.5. The number of aromatic amines is 1. The van der Waals surface area contributed by atoms with Gasteiger partial charge in [0.15, 0.2) is 0 Å². The summed E-state index contributed by atoms with van der Waals surface area (Å²) in [6, 6.07) is 3.45. The number of carbonyl (C=O) groups excluding carboxylic acids is 1. The Hall–Kier alpha value is -2.01. The number of aryl methyl sites for hydroxylation is 1. The summed E-state index contributed by atoms with van der Waals surface area (Å²) in [5.74, 6) is -0.134. The molecule has 120 valence electrons. The van der Waals surface area contributed by atoms with Gasteiger partial charge >= 0.3 is 5.97 Å². The number of nitrogens with one attached hydrogen (secondary N) is 1. The SMILES string of the molecule is CCCCOC(=O)c1c(C)[nH]c2ccc(O)c(CN(C)C)c12. The van der Waals surface area contributed by atoms with Gasteiger partial charge < -0.3 is 19.7 Å². The number of phenols is 1. The van der Waals surface area contributed by atoms with Crippen LogP contribution in [0.1, 0.15) is 41.4 Å². The average Bonchev–Trinajstić information content (AvgIpc) is 2.78. The van der Waals surface area contributed by atoms with Gasteiger partial charge in [-0.15, -0.1) is 0 Å². The van der Waals surface area contributed by atoms with Crippen molar-refractivity contribution in [2.45, 2.75) is 33.2 Å². The molecular formula is C17H24N2O3. The predicted molar refractivity (Wildman–Crippen MR) is 87.3 cm³/mol. The first-order valence-electron chi connectivity index (χ1n) is 7.60. The molecule has 22 heavy (non-hydrogen) atoms. The second-order valence-electron chi connectivity index (χ2n) is 5.84. The zero-order chi connectivity index (χ0) is 16.3. The first-order chi connectivity index (χ1) is 10.5. The first-order valence-corrected chi connectivity index (χ1v) is 7.60. The number of fused-ring (bicyclic) bond motifs is 1. The highest BCUT2D eigenvalue weighted by Gasteiger charge is 2.22. The molecule has 0 saturated carbocycles. The number of aromatic nitrogens is 1. The van der Waals surface area contributed by atoms with Gasteiger partial charge in [0.1, 0.15) is 5.75 Å². The van der Waals surface area contributed by atoms with Crippen LogP contribution in [-0.2, 0) is 11.3 Å². The fourth-order valence-electron chi connectivity index (χ4n) is 2.59. The molecule has 1 heterocycles. The Morgan fingerprint density at radius 3 is 2.73 bits per heavy atom. The van der Waals surface area contributed by atoms with Crippen LogP contribution in [0.3, 0.4) is 0 Å². The number of H-pyrrole nitrogens is 1. The van der Waals surface area contributed by atoms with E-state index >= 15 is 0 Å². The van der Waals surface area contributed by atoms with Crippen LogP contribution in [0.15, 0.2) is 12.1 Å². The molecule has 0 spiro atoms. The van der Waals surface area contributed by atoms with Crippen molar-refractivity contribution in [1.82, 2.24) is 9.88 Å². The summed E-state index contributed by atoms with van der Waals surface area (Å²) in [6.45, 7) is 4.88. The van der Waals surface area contributed by atoms with Crippen LogP contribution in [0.4, 0.5) is 0 Å². The van der Waals surface area contributed by atoms with Gasteiger partial charge in [-0.3, -0.25) is 0 Å². The van der Waals surface area contributed by atoms with Crippen LogP contribution in [0.2, 0.25) is 0 Å². The molecule has 2 aromatic rings. The van der Waals surface area contributed by atoms with Crippen LogP contribution in [-0.4, -0.2) is 41.7 Å². The van der Waals surface area contributed by atoms with Crippen molar-refractivity contribution in [1.29, 1.82) is 0 Å². The molecule has 0 unspecified atom stereocenters. The van der Waals surface area contributed by atoms with E-state index in [0.29, 0.717) is 18.7 Å². The Labute approximate surface area is 130 Å². The maximum atomic E-state index is 12.4. The Morgan fingerprint density at radius 2 is 2.09 bits per heavy atom. The molecule has 1 aromatic carbocycles. The van der Waals surface area contributed by atoms with Crippen LogP contribution in [0.5, 0.6) is 5.75 Å². The Bertz CT molecular complexity index is 674. The van der Waals surface area contributed by atoms with Crippen molar-refractivity contribution in [3.63, 3.8) is 0 Å².